The van der Waals surface area contributed by atoms with Crippen LogP contribution in [0.2, 0.25) is 0 Å². The Hall–Kier alpha value is -1.09. The molecule has 1 aromatic rings. The number of rotatable bonds is 2. The highest BCUT2D eigenvalue weighted by atomic mass is 16.1. The van der Waals surface area contributed by atoms with Crippen molar-refractivity contribution >= 4 is 0 Å². The zero-order valence-electron chi connectivity index (χ0n) is 9.20. The maximum absolute atomic E-state index is 11.9. The normalized spacial score (nSPS) is 19.3. The molecule has 1 aliphatic carbocycles. The van der Waals surface area contributed by atoms with Crippen LogP contribution in [-0.4, -0.2) is 11.1 Å². The summed E-state index contributed by atoms with van der Waals surface area (Å²) in [6.07, 6.45) is 4.43. The average molecular weight is 206 g/mol. The van der Waals surface area contributed by atoms with Crippen LogP contribution in [0.3, 0.4) is 0 Å². The number of nitrogens with two attached hydrogens (primary N) is 1. The van der Waals surface area contributed by atoms with Crippen molar-refractivity contribution in [3.8, 4) is 0 Å². The summed E-state index contributed by atoms with van der Waals surface area (Å²) in [5, 5.41) is 0. The van der Waals surface area contributed by atoms with Crippen LogP contribution >= 0.6 is 0 Å². The summed E-state index contributed by atoms with van der Waals surface area (Å²) in [7, 11) is 0. The van der Waals surface area contributed by atoms with Gasteiger partial charge >= 0.3 is 0 Å². The van der Waals surface area contributed by atoms with Gasteiger partial charge in [-0.15, -0.1) is 0 Å². The van der Waals surface area contributed by atoms with E-state index in [4.69, 9.17) is 5.73 Å². The minimum Gasteiger partial charge on any atom is -0.328 e. The first-order chi connectivity index (χ1) is 7.19. The second kappa shape index (κ2) is 3.81. The SMILES string of the molecule is Cc1cccc(=O)n1C1(CN)CCCC1. The molecule has 3 heteroatoms. The number of hydrogen-bond acceptors (Lipinski definition) is 2. The quantitative estimate of drug-likeness (QED) is 0.794. The van der Waals surface area contributed by atoms with E-state index in [9.17, 15) is 4.79 Å². The van der Waals surface area contributed by atoms with Crippen molar-refractivity contribution in [3.63, 3.8) is 0 Å². The van der Waals surface area contributed by atoms with Crippen molar-refractivity contribution in [2.75, 3.05) is 6.54 Å². The van der Waals surface area contributed by atoms with E-state index >= 15 is 0 Å². The summed E-state index contributed by atoms with van der Waals surface area (Å²) in [6, 6.07) is 5.42. The summed E-state index contributed by atoms with van der Waals surface area (Å²) in [4.78, 5) is 11.9. The van der Waals surface area contributed by atoms with E-state index < -0.39 is 0 Å². The fourth-order valence-electron chi connectivity index (χ4n) is 2.75. The van der Waals surface area contributed by atoms with Gasteiger partial charge in [0.25, 0.3) is 5.56 Å². The van der Waals surface area contributed by atoms with Gasteiger partial charge in [-0.2, -0.15) is 0 Å². The van der Waals surface area contributed by atoms with Crippen LogP contribution in [0.1, 0.15) is 31.4 Å². The summed E-state index contributed by atoms with van der Waals surface area (Å²) in [5.41, 5.74) is 6.88. The zero-order chi connectivity index (χ0) is 10.9. The predicted octanol–water partition coefficient (Wildman–Crippen LogP) is 1.38. The molecule has 1 aromatic heterocycles. The maximum Gasteiger partial charge on any atom is 0.251 e. The Morgan fingerprint density at radius 2 is 2.07 bits per heavy atom. The van der Waals surface area contributed by atoms with Gasteiger partial charge in [0.15, 0.2) is 0 Å². The molecule has 0 unspecified atom stereocenters. The Bertz CT molecular complexity index is 402. The molecule has 0 amide bonds. The number of nitrogens with zero attached hydrogens (tertiary/aromatic N) is 1. The van der Waals surface area contributed by atoms with Crippen molar-refractivity contribution in [2.24, 2.45) is 5.73 Å². The lowest BCUT2D eigenvalue weighted by Gasteiger charge is -2.31. The topological polar surface area (TPSA) is 48.0 Å². The van der Waals surface area contributed by atoms with Crippen LogP contribution in [-0.2, 0) is 5.54 Å². The molecule has 1 saturated carbocycles. The standard InChI is InChI=1S/C12H18N2O/c1-10-5-4-6-11(15)14(10)12(9-13)7-2-3-8-12/h4-6H,2-3,7-9,13H2,1H3. The van der Waals surface area contributed by atoms with Gasteiger partial charge in [0.1, 0.15) is 0 Å². The van der Waals surface area contributed by atoms with Crippen LogP contribution in [0.15, 0.2) is 23.0 Å². The Labute approximate surface area is 89.9 Å². The van der Waals surface area contributed by atoms with Crippen molar-refractivity contribution in [1.29, 1.82) is 0 Å². The van der Waals surface area contributed by atoms with Gasteiger partial charge in [0, 0.05) is 18.3 Å². The maximum atomic E-state index is 11.9. The Morgan fingerprint density at radius 3 is 2.60 bits per heavy atom. The molecule has 1 aliphatic rings. The van der Waals surface area contributed by atoms with Crippen LogP contribution < -0.4 is 11.3 Å². The van der Waals surface area contributed by atoms with E-state index in [1.165, 1.54) is 12.8 Å². The predicted molar refractivity (Wildman–Crippen MR) is 60.9 cm³/mol. The van der Waals surface area contributed by atoms with E-state index in [0.717, 1.165) is 18.5 Å². The van der Waals surface area contributed by atoms with E-state index in [2.05, 4.69) is 0 Å². The first kappa shape index (κ1) is 10.4. The van der Waals surface area contributed by atoms with E-state index in [-0.39, 0.29) is 11.1 Å². The first-order valence-corrected chi connectivity index (χ1v) is 5.59. The Morgan fingerprint density at radius 1 is 1.40 bits per heavy atom. The first-order valence-electron chi connectivity index (χ1n) is 5.59. The van der Waals surface area contributed by atoms with Crippen LogP contribution in [0.4, 0.5) is 0 Å². The summed E-state index contributed by atoms with van der Waals surface area (Å²) < 4.78 is 1.90. The highest BCUT2D eigenvalue weighted by molar-refractivity contribution is 5.10. The molecular weight excluding hydrogens is 188 g/mol. The van der Waals surface area contributed by atoms with Crippen LogP contribution in [0.25, 0.3) is 0 Å². The second-order valence-electron chi connectivity index (χ2n) is 4.48. The lowest BCUT2D eigenvalue weighted by atomic mass is 9.96. The third-order valence-corrected chi connectivity index (χ3v) is 3.54. The molecule has 0 bridgehead atoms. The molecule has 0 atom stereocenters. The van der Waals surface area contributed by atoms with Gasteiger partial charge in [0.05, 0.1) is 5.54 Å². The Kier molecular flexibility index (Phi) is 2.65. The lowest BCUT2D eigenvalue weighted by Crippen LogP contribution is -2.45. The van der Waals surface area contributed by atoms with Gasteiger partial charge in [-0.25, -0.2) is 0 Å². The van der Waals surface area contributed by atoms with Crippen molar-refractivity contribution in [1.82, 2.24) is 4.57 Å². The highest BCUT2D eigenvalue weighted by Gasteiger charge is 2.35. The number of aryl methyl sites for hydroxylation is 1. The molecule has 1 heterocycles. The molecule has 0 aromatic carbocycles. The zero-order valence-corrected chi connectivity index (χ0v) is 9.20. The van der Waals surface area contributed by atoms with Crippen molar-refractivity contribution in [3.05, 3.63) is 34.2 Å². The fourth-order valence-corrected chi connectivity index (χ4v) is 2.75. The van der Waals surface area contributed by atoms with E-state index in [1.807, 2.05) is 23.6 Å². The highest BCUT2D eigenvalue weighted by Crippen LogP contribution is 2.35. The molecular formula is C12H18N2O. The van der Waals surface area contributed by atoms with E-state index in [1.54, 1.807) is 6.07 Å². The minimum absolute atomic E-state index is 0.0855. The molecule has 0 aliphatic heterocycles. The van der Waals surface area contributed by atoms with Gasteiger partial charge in [-0.05, 0) is 25.8 Å². The largest absolute Gasteiger partial charge is 0.328 e. The molecule has 2 rings (SSSR count). The molecule has 0 radical (unpaired) electrons. The third-order valence-electron chi connectivity index (χ3n) is 3.54. The smallest absolute Gasteiger partial charge is 0.251 e. The van der Waals surface area contributed by atoms with Gasteiger partial charge in [0.2, 0.25) is 0 Å². The molecule has 2 N–H and O–H groups in total. The molecule has 15 heavy (non-hydrogen) atoms. The molecule has 3 nitrogen and oxygen atoms in total. The average Bonchev–Trinajstić information content (AvgIpc) is 2.67. The Balaban J connectivity index is 2.56. The molecule has 1 fully saturated rings. The summed E-state index contributed by atoms with van der Waals surface area (Å²) in [6.45, 7) is 2.55. The lowest BCUT2D eigenvalue weighted by molar-refractivity contribution is 0.289. The fraction of sp³-hybridized carbons (Fsp3) is 0.583. The number of aromatic nitrogens is 1. The van der Waals surface area contributed by atoms with Gasteiger partial charge in [-0.3, -0.25) is 4.79 Å². The van der Waals surface area contributed by atoms with Gasteiger partial charge < -0.3 is 10.3 Å². The molecule has 0 saturated heterocycles. The minimum atomic E-state index is -0.109. The van der Waals surface area contributed by atoms with Gasteiger partial charge in [-0.1, -0.05) is 18.9 Å². The van der Waals surface area contributed by atoms with Crippen molar-refractivity contribution in [2.45, 2.75) is 38.1 Å². The van der Waals surface area contributed by atoms with Crippen LogP contribution in [0, 0.1) is 6.92 Å². The van der Waals surface area contributed by atoms with Crippen molar-refractivity contribution < 1.29 is 0 Å². The summed E-state index contributed by atoms with van der Waals surface area (Å²) >= 11 is 0. The summed E-state index contributed by atoms with van der Waals surface area (Å²) in [5.74, 6) is 0. The van der Waals surface area contributed by atoms with E-state index in [0.29, 0.717) is 6.54 Å². The van der Waals surface area contributed by atoms with Crippen LogP contribution in [0.5, 0.6) is 0 Å². The monoisotopic (exact) mass is 206 g/mol. The molecule has 0 spiro atoms. The second-order valence-corrected chi connectivity index (χ2v) is 4.48. The number of pyridine rings is 1. The number of hydrogen-bond donors (Lipinski definition) is 1. The third kappa shape index (κ3) is 1.61. The molecule has 82 valence electrons.